The number of benzene rings is 1. The van der Waals surface area contributed by atoms with Crippen molar-refractivity contribution >= 4 is 35.1 Å². The monoisotopic (exact) mass is 458 g/mol. The van der Waals surface area contributed by atoms with Crippen LogP contribution in [-0.2, 0) is 16.1 Å². The van der Waals surface area contributed by atoms with Gasteiger partial charge < -0.3 is 10.1 Å². The molecule has 2 amide bonds. The van der Waals surface area contributed by atoms with Crippen molar-refractivity contribution in [2.45, 2.75) is 64.1 Å². The van der Waals surface area contributed by atoms with Crippen LogP contribution in [0.15, 0.2) is 30.3 Å². The molecule has 1 saturated carbocycles. The minimum atomic E-state index is -1.24. The van der Waals surface area contributed by atoms with Gasteiger partial charge in [-0.25, -0.2) is 4.79 Å². The van der Waals surface area contributed by atoms with Crippen molar-refractivity contribution in [3.63, 3.8) is 0 Å². The molecule has 1 N–H and O–H groups in total. The summed E-state index contributed by atoms with van der Waals surface area (Å²) in [4.78, 5) is 40.9. The van der Waals surface area contributed by atoms with Gasteiger partial charge in [0, 0.05) is 22.8 Å². The fourth-order valence-corrected chi connectivity index (χ4v) is 4.59. The fraction of sp³-hybridized carbons (Fsp3) is 0.478. The summed E-state index contributed by atoms with van der Waals surface area (Å²) in [7, 11) is 0. The molecule has 0 spiro atoms. The maximum Gasteiger partial charge on any atom is 0.358 e. The number of rotatable bonds is 5. The number of aromatic nitrogens is 2. The molecule has 2 aliphatic rings. The highest BCUT2D eigenvalue weighted by Gasteiger charge is 2.49. The number of anilines is 1. The zero-order chi connectivity index (χ0) is 22.9. The molecule has 2 heterocycles. The van der Waals surface area contributed by atoms with Gasteiger partial charge in [0.2, 0.25) is 5.91 Å². The average Bonchev–Trinajstić information content (AvgIpc) is 3.20. The summed E-state index contributed by atoms with van der Waals surface area (Å²) in [6.45, 7) is 3.74. The van der Waals surface area contributed by atoms with Crippen molar-refractivity contribution in [3.8, 4) is 0 Å². The van der Waals surface area contributed by atoms with E-state index in [1.165, 1.54) is 22.1 Å². The first kappa shape index (κ1) is 22.3. The predicted molar refractivity (Wildman–Crippen MR) is 120 cm³/mol. The minimum Gasteiger partial charge on any atom is -0.461 e. The molecule has 1 aromatic heterocycles. The Morgan fingerprint density at radius 2 is 1.91 bits per heavy atom. The number of nitrogens with zero attached hydrogens (tertiary/aromatic N) is 3. The molecular formula is C23H27ClN4O4. The van der Waals surface area contributed by atoms with Gasteiger partial charge in [-0.2, -0.15) is 5.10 Å². The number of fused-ring (bicyclic) bond motifs is 1. The molecule has 170 valence electrons. The molecule has 1 aliphatic heterocycles. The van der Waals surface area contributed by atoms with E-state index in [1.54, 1.807) is 38.1 Å². The van der Waals surface area contributed by atoms with Crippen LogP contribution in [0.4, 0.5) is 5.69 Å². The third kappa shape index (κ3) is 4.11. The molecule has 32 heavy (non-hydrogen) atoms. The Kier molecular flexibility index (Phi) is 6.24. The molecule has 1 fully saturated rings. The van der Waals surface area contributed by atoms with Crippen LogP contribution >= 0.6 is 11.6 Å². The van der Waals surface area contributed by atoms with Gasteiger partial charge in [-0.15, -0.1) is 0 Å². The first-order chi connectivity index (χ1) is 15.3. The van der Waals surface area contributed by atoms with Crippen molar-refractivity contribution in [1.82, 2.24) is 15.1 Å². The van der Waals surface area contributed by atoms with Crippen LogP contribution in [0.1, 0.15) is 66.9 Å². The summed E-state index contributed by atoms with van der Waals surface area (Å²) in [5.74, 6) is -1.26. The van der Waals surface area contributed by atoms with Crippen molar-refractivity contribution in [1.29, 1.82) is 0 Å². The molecular weight excluding hydrogens is 432 g/mol. The highest BCUT2D eigenvalue weighted by molar-refractivity contribution is 6.30. The van der Waals surface area contributed by atoms with E-state index in [2.05, 4.69) is 10.4 Å². The van der Waals surface area contributed by atoms with Gasteiger partial charge in [0.1, 0.15) is 11.2 Å². The Morgan fingerprint density at radius 3 is 2.56 bits per heavy atom. The highest BCUT2D eigenvalue weighted by atomic mass is 35.5. The lowest BCUT2D eigenvalue weighted by atomic mass is 9.91. The molecule has 1 aromatic carbocycles. The molecule has 0 radical (unpaired) electrons. The summed E-state index contributed by atoms with van der Waals surface area (Å²) in [6, 6.07) is 8.29. The van der Waals surface area contributed by atoms with E-state index < -0.39 is 17.4 Å². The van der Waals surface area contributed by atoms with E-state index in [1.807, 2.05) is 0 Å². The third-order valence-corrected chi connectivity index (χ3v) is 6.40. The van der Waals surface area contributed by atoms with Gasteiger partial charge in [-0.05, 0) is 51.0 Å². The number of hydrogen-bond donors (Lipinski definition) is 1. The van der Waals surface area contributed by atoms with E-state index in [-0.39, 0.29) is 36.5 Å². The molecule has 1 aliphatic carbocycles. The Hall–Kier alpha value is -2.87. The Bertz CT molecular complexity index is 1030. The van der Waals surface area contributed by atoms with Crippen molar-refractivity contribution in [2.75, 3.05) is 11.5 Å². The number of halogens is 1. The highest BCUT2D eigenvalue weighted by Crippen LogP contribution is 2.34. The smallest absolute Gasteiger partial charge is 0.358 e. The van der Waals surface area contributed by atoms with Gasteiger partial charge in [-0.1, -0.05) is 30.9 Å². The van der Waals surface area contributed by atoms with Gasteiger partial charge >= 0.3 is 5.97 Å². The number of ether oxygens (including phenoxy) is 1. The lowest BCUT2D eigenvalue weighted by Gasteiger charge is -2.44. The number of amides is 2. The Balaban J connectivity index is 1.73. The van der Waals surface area contributed by atoms with Crippen LogP contribution in [0.25, 0.3) is 0 Å². The standard InChI is InChI=1S/C23H27ClN4O4/c1-3-32-21(30)18-13-19-20(29)28(17-11-9-15(24)10-12-17)23(2,14-27(19)26-18)22(31)25-16-7-5-4-6-8-16/h9-13,16H,3-8,14H2,1-2H3,(H,25,31)/t23-/m1/s1. The first-order valence-corrected chi connectivity index (χ1v) is 11.4. The number of carbonyl (C=O) groups is 3. The lowest BCUT2D eigenvalue weighted by molar-refractivity contribution is -0.127. The zero-order valence-electron chi connectivity index (χ0n) is 18.3. The first-order valence-electron chi connectivity index (χ1n) is 11.0. The Morgan fingerprint density at radius 1 is 1.22 bits per heavy atom. The minimum absolute atomic E-state index is 0.0446. The van der Waals surface area contributed by atoms with Crippen molar-refractivity contribution in [3.05, 3.63) is 46.7 Å². The predicted octanol–water partition coefficient (Wildman–Crippen LogP) is 3.58. The van der Waals surface area contributed by atoms with Gasteiger partial charge in [0.25, 0.3) is 5.91 Å². The summed E-state index contributed by atoms with van der Waals surface area (Å²) < 4.78 is 6.46. The summed E-state index contributed by atoms with van der Waals surface area (Å²) in [5, 5.41) is 7.96. The second kappa shape index (κ2) is 8.94. The average molecular weight is 459 g/mol. The van der Waals surface area contributed by atoms with Gasteiger partial charge in [0.15, 0.2) is 5.69 Å². The number of hydrogen-bond acceptors (Lipinski definition) is 5. The van der Waals surface area contributed by atoms with E-state index in [9.17, 15) is 14.4 Å². The number of nitrogens with one attached hydrogen (secondary N) is 1. The normalized spacial score (nSPS) is 21.2. The Labute approximate surface area is 191 Å². The SMILES string of the molecule is CCOC(=O)c1cc2n(n1)C[C@](C)(C(=O)NC1CCCCC1)N(c1ccc(Cl)cc1)C2=O. The molecule has 0 bridgehead atoms. The summed E-state index contributed by atoms with van der Waals surface area (Å²) in [6.07, 6.45) is 5.18. The van der Waals surface area contributed by atoms with Crippen molar-refractivity contribution in [2.24, 2.45) is 0 Å². The number of carbonyl (C=O) groups excluding carboxylic acids is 3. The van der Waals surface area contributed by atoms with E-state index in [0.29, 0.717) is 10.7 Å². The molecule has 9 heteroatoms. The van der Waals surface area contributed by atoms with Crippen LogP contribution in [0.3, 0.4) is 0 Å². The maximum atomic E-state index is 13.6. The fourth-order valence-electron chi connectivity index (χ4n) is 4.47. The molecule has 0 unspecified atom stereocenters. The number of esters is 1. The summed E-state index contributed by atoms with van der Waals surface area (Å²) in [5.41, 5.74) is -0.423. The van der Waals surface area contributed by atoms with Gasteiger partial charge in [0.05, 0.1) is 13.2 Å². The largest absolute Gasteiger partial charge is 0.461 e. The van der Waals surface area contributed by atoms with Crippen LogP contribution in [0.2, 0.25) is 5.02 Å². The van der Waals surface area contributed by atoms with E-state index in [4.69, 9.17) is 16.3 Å². The van der Waals surface area contributed by atoms with Crippen molar-refractivity contribution < 1.29 is 19.1 Å². The molecule has 0 saturated heterocycles. The molecule has 2 aromatic rings. The topological polar surface area (TPSA) is 93.5 Å². The quantitative estimate of drug-likeness (QED) is 0.691. The molecule has 8 nitrogen and oxygen atoms in total. The second-order valence-corrected chi connectivity index (χ2v) is 8.93. The van der Waals surface area contributed by atoms with E-state index >= 15 is 0 Å². The molecule has 1 atom stereocenters. The zero-order valence-corrected chi connectivity index (χ0v) is 19.0. The van der Waals surface area contributed by atoms with Gasteiger partial charge in [-0.3, -0.25) is 19.2 Å². The lowest BCUT2D eigenvalue weighted by Crippen LogP contribution is -2.65. The third-order valence-electron chi connectivity index (χ3n) is 6.15. The molecule has 4 rings (SSSR count). The van der Waals surface area contributed by atoms with E-state index in [0.717, 1.165) is 25.7 Å². The summed E-state index contributed by atoms with van der Waals surface area (Å²) >= 11 is 6.05. The van der Waals surface area contributed by atoms with Crippen LogP contribution in [-0.4, -0.2) is 45.8 Å². The maximum absolute atomic E-state index is 13.6. The van der Waals surface area contributed by atoms with Crippen LogP contribution < -0.4 is 10.2 Å². The van der Waals surface area contributed by atoms with Crippen LogP contribution in [0, 0.1) is 0 Å². The second-order valence-electron chi connectivity index (χ2n) is 8.49. The van der Waals surface area contributed by atoms with Crippen LogP contribution in [0.5, 0.6) is 0 Å².